The molecule has 3 nitrogen and oxygen atoms in total. The Morgan fingerprint density at radius 1 is 1.40 bits per heavy atom. The number of hydrogen-bond acceptors (Lipinski definition) is 3. The summed E-state index contributed by atoms with van der Waals surface area (Å²) in [5, 5.41) is 0. The van der Waals surface area contributed by atoms with Crippen LogP contribution in [0.25, 0.3) is 0 Å². The van der Waals surface area contributed by atoms with Crippen molar-refractivity contribution in [3.63, 3.8) is 0 Å². The largest absolute Gasteiger partial charge is 0.398 e. The van der Waals surface area contributed by atoms with Crippen LogP contribution < -0.4 is 5.73 Å². The van der Waals surface area contributed by atoms with Gasteiger partial charge in [0.25, 0.3) is 0 Å². The summed E-state index contributed by atoms with van der Waals surface area (Å²) in [4.78, 5) is 0.0117. The van der Waals surface area contributed by atoms with Crippen LogP contribution in [0.1, 0.15) is 13.8 Å². The van der Waals surface area contributed by atoms with E-state index in [0.717, 1.165) is 12.1 Å². The summed E-state index contributed by atoms with van der Waals surface area (Å²) < 4.78 is 36.3. The van der Waals surface area contributed by atoms with Gasteiger partial charge in [0.15, 0.2) is 9.84 Å². The summed E-state index contributed by atoms with van der Waals surface area (Å²) >= 11 is 0. The van der Waals surface area contributed by atoms with Crippen LogP contribution in [0.5, 0.6) is 0 Å². The van der Waals surface area contributed by atoms with Crippen LogP contribution in [-0.4, -0.2) is 14.2 Å². The molecular weight excluding hydrogens is 217 g/mol. The molecular formula is C10H14FNO2S. The first-order valence-corrected chi connectivity index (χ1v) is 6.26. The number of nitrogens with two attached hydrogens (primary N) is 1. The molecule has 1 rings (SSSR count). The molecule has 0 unspecified atom stereocenters. The first-order chi connectivity index (χ1) is 6.83. The molecule has 0 aliphatic heterocycles. The second-order valence-corrected chi connectivity index (χ2v) is 5.86. The lowest BCUT2D eigenvalue weighted by Crippen LogP contribution is -2.13. The van der Waals surface area contributed by atoms with Gasteiger partial charge in [-0.25, -0.2) is 12.8 Å². The molecule has 0 saturated heterocycles. The van der Waals surface area contributed by atoms with Gasteiger partial charge in [-0.05, 0) is 24.1 Å². The smallest absolute Gasteiger partial charge is 0.180 e. The van der Waals surface area contributed by atoms with Gasteiger partial charge in [0.1, 0.15) is 5.82 Å². The van der Waals surface area contributed by atoms with Gasteiger partial charge in [-0.3, -0.25) is 0 Å². The van der Waals surface area contributed by atoms with Crippen LogP contribution in [0.2, 0.25) is 0 Å². The first kappa shape index (κ1) is 12.0. The van der Waals surface area contributed by atoms with Crippen molar-refractivity contribution < 1.29 is 12.8 Å². The molecule has 0 aliphatic rings. The predicted octanol–water partition coefficient (Wildman–Crippen LogP) is 1.84. The second kappa shape index (κ2) is 4.18. The van der Waals surface area contributed by atoms with E-state index in [1.165, 1.54) is 6.07 Å². The van der Waals surface area contributed by atoms with Crippen LogP contribution >= 0.6 is 0 Å². The van der Waals surface area contributed by atoms with Gasteiger partial charge in [0.05, 0.1) is 16.3 Å². The van der Waals surface area contributed by atoms with Crippen molar-refractivity contribution in [3.8, 4) is 0 Å². The Hall–Kier alpha value is -1.10. The third-order valence-corrected chi connectivity index (χ3v) is 4.01. The molecule has 0 amide bonds. The molecule has 5 heteroatoms. The summed E-state index contributed by atoms with van der Waals surface area (Å²) in [5.41, 5.74) is 5.43. The summed E-state index contributed by atoms with van der Waals surface area (Å²) in [5.74, 6) is -0.501. The van der Waals surface area contributed by atoms with Crippen molar-refractivity contribution in [1.29, 1.82) is 0 Å². The van der Waals surface area contributed by atoms with Gasteiger partial charge in [0.2, 0.25) is 0 Å². The van der Waals surface area contributed by atoms with E-state index in [1.54, 1.807) is 13.8 Å². The van der Waals surface area contributed by atoms with E-state index in [1.807, 2.05) is 0 Å². The lowest BCUT2D eigenvalue weighted by Gasteiger charge is -2.09. The van der Waals surface area contributed by atoms with Gasteiger partial charge in [-0.1, -0.05) is 13.8 Å². The lowest BCUT2D eigenvalue weighted by atomic mass is 10.3. The Labute approximate surface area is 89.0 Å². The summed E-state index contributed by atoms with van der Waals surface area (Å²) in [6, 6.07) is 3.33. The van der Waals surface area contributed by atoms with Gasteiger partial charge in [-0.15, -0.1) is 0 Å². The highest BCUT2D eigenvalue weighted by molar-refractivity contribution is 7.91. The van der Waals surface area contributed by atoms with E-state index in [9.17, 15) is 12.8 Å². The van der Waals surface area contributed by atoms with Crippen molar-refractivity contribution in [2.75, 3.05) is 11.5 Å². The van der Waals surface area contributed by atoms with E-state index in [-0.39, 0.29) is 22.3 Å². The predicted molar refractivity (Wildman–Crippen MR) is 57.7 cm³/mol. The van der Waals surface area contributed by atoms with Crippen molar-refractivity contribution in [3.05, 3.63) is 24.0 Å². The highest BCUT2D eigenvalue weighted by Gasteiger charge is 2.19. The van der Waals surface area contributed by atoms with Crippen LogP contribution in [0, 0.1) is 11.7 Å². The van der Waals surface area contributed by atoms with Crippen LogP contribution in [-0.2, 0) is 9.84 Å². The lowest BCUT2D eigenvalue weighted by molar-refractivity contribution is 0.582. The van der Waals surface area contributed by atoms with Crippen molar-refractivity contribution in [1.82, 2.24) is 0 Å². The second-order valence-electron chi connectivity index (χ2n) is 3.86. The molecule has 2 N–H and O–H groups in total. The third-order valence-electron chi connectivity index (χ3n) is 1.86. The van der Waals surface area contributed by atoms with E-state index >= 15 is 0 Å². The van der Waals surface area contributed by atoms with Gasteiger partial charge >= 0.3 is 0 Å². The van der Waals surface area contributed by atoms with E-state index < -0.39 is 15.7 Å². The average Bonchev–Trinajstić information content (AvgIpc) is 1.99. The standard InChI is InChI=1S/C10H14FNO2S/c1-7(2)6-15(13,14)10-4-3-8(11)5-9(10)12/h3-5,7H,6,12H2,1-2H3. The van der Waals surface area contributed by atoms with E-state index in [0.29, 0.717) is 0 Å². The Bertz CT molecular complexity index is 454. The van der Waals surface area contributed by atoms with Gasteiger partial charge in [0, 0.05) is 0 Å². The third kappa shape index (κ3) is 2.92. The maximum absolute atomic E-state index is 12.7. The molecule has 0 atom stereocenters. The van der Waals surface area contributed by atoms with Gasteiger partial charge < -0.3 is 5.73 Å². The zero-order chi connectivity index (χ0) is 11.6. The highest BCUT2D eigenvalue weighted by atomic mass is 32.2. The SMILES string of the molecule is CC(C)CS(=O)(=O)c1ccc(F)cc1N. The minimum atomic E-state index is -3.40. The van der Waals surface area contributed by atoms with Crippen LogP contribution in [0.15, 0.2) is 23.1 Å². The van der Waals surface area contributed by atoms with Crippen molar-refractivity contribution in [2.45, 2.75) is 18.7 Å². The van der Waals surface area contributed by atoms with E-state index in [2.05, 4.69) is 0 Å². The number of sulfone groups is 1. The minimum absolute atomic E-state index is 0.0117. The Kier molecular flexibility index (Phi) is 3.34. The highest BCUT2D eigenvalue weighted by Crippen LogP contribution is 2.21. The number of halogens is 1. The molecule has 0 fully saturated rings. The zero-order valence-corrected chi connectivity index (χ0v) is 9.51. The molecule has 1 aromatic rings. The van der Waals surface area contributed by atoms with Crippen molar-refractivity contribution >= 4 is 15.5 Å². The molecule has 0 heterocycles. The molecule has 0 aromatic heterocycles. The fourth-order valence-corrected chi connectivity index (χ4v) is 3.08. The topological polar surface area (TPSA) is 60.2 Å². The number of benzene rings is 1. The Morgan fingerprint density at radius 2 is 2.00 bits per heavy atom. The molecule has 15 heavy (non-hydrogen) atoms. The molecule has 84 valence electrons. The monoisotopic (exact) mass is 231 g/mol. The fourth-order valence-electron chi connectivity index (χ4n) is 1.33. The summed E-state index contributed by atoms with van der Waals surface area (Å²) in [6.07, 6.45) is 0. The molecule has 0 aliphatic carbocycles. The number of nitrogen functional groups attached to an aromatic ring is 1. The van der Waals surface area contributed by atoms with Crippen LogP contribution in [0.3, 0.4) is 0 Å². The van der Waals surface area contributed by atoms with Crippen molar-refractivity contribution in [2.24, 2.45) is 5.92 Å². The molecule has 1 aromatic carbocycles. The first-order valence-electron chi connectivity index (χ1n) is 4.60. The maximum atomic E-state index is 12.7. The summed E-state index contributed by atoms with van der Waals surface area (Å²) in [6.45, 7) is 3.61. The van der Waals surface area contributed by atoms with Crippen LogP contribution in [0.4, 0.5) is 10.1 Å². The molecule has 0 radical (unpaired) electrons. The fraction of sp³-hybridized carbons (Fsp3) is 0.400. The quantitative estimate of drug-likeness (QED) is 0.637. The molecule has 0 bridgehead atoms. The normalized spacial score (nSPS) is 12.0. The average molecular weight is 231 g/mol. The maximum Gasteiger partial charge on any atom is 0.180 e. The van der Waals surface area contributed by atoms with E-state index in [4.69, 9.17) is 5.73 Å². The summed E-state index contributed by atoms with van der Waals surface area (Å²) in [7, 11) is -3.40. The number of anilines is 1. The zero-order valence-electron chi connectivity index (χ0n) is 8.70. The van der Waals surface area contributed by atoms with Gasteiger partial charge in [-0.2, -0.15) is 0 Å². The number of hydrogen-bond donors (Lipinski definition) is 1. The Balaban J connectivity index is 3.16. The molecule has 0 spiro atoms. The number of rotatable bonds is 3. The Morgan fingerprint density at radius 3 is 2.47 bits per heavy atom. The molecule has 0 saturated carbocycles. The minimum Gasteiger partial charge on any atom is -0.398 e.